The van der Waals surface area contributed by atoms with E-state index in [4.69, 9.17) is 4.52 Å². The fourth-order valence-electron chi connectivity index (χ4n) is 1.78. The molecule has 0 spiro atoms. The van der Waals surface area contributed by atoms with E-state index >= 15 is 0 Å². The molecule has 84 valence electrons. The summed E-state index contributed by atoms with van der Waals surface area (Å²) in [7, 11) is 0. The average molecular weight is 227 g/mol. The van der Waals surface area contributed by atoms with E-state index in [1.54, 1.807) is 0 Å². The largest absolute Gasteiger partial charge is 0.340 e. The van der Waals surface area contributed by atoms with Crippen LogP contribution in [0.1, 0.15) is 37.5 Å². The number of nitrogens with one attached hydrogen (secondary N) is 1. The molecule has 1 fully saturated rings. The fourth-order valence-corrected chi connectivity index (χ4v) is 2.95. The summed E-state index contributed by atoms with van der Waals surface area (Å²) < 4.78 is 5.01. The molecule has 2 unspecified atom stereocenters. The van der Waals surface area contributed by atoms with Crippen LogP contribution in [-0.4, -0.2) is 27.7 Å². The number of thioether (sulfide) groups is 1. The summed E-state index contributed by atoms with van der Waals surface area (Å²) in [5.74, 6) is 3.91. The monoisotopic (exact) mass is 227 g/mol. The highest BCUT2D eigenvalue weighted by Crippen LogP contribution is 2.21. The lowest BCUT2D eigenvalue weighted by Crippen LogP contribution is -2.33. The lowest BCUT2D eigenvalue weighted by molar-refractivity contribution is 0.367. The third-order valence-electron chi connectivity index (χ3n) is 2.63. The van der Waals surface area contributed by atoms with E-state index in [9.17, 15) is 0 Å². The molecule has 1 aliphatic rings. The van der Waals surface area contributed by atoms with Crippen molar-refractivity contribution in [2.45, 2.75) is 38.8 Å². The SMILES string of the molecule is CCC(NC1CCSC1)c1noc(C)n1. The van der Waals surface area contributed by atoms with Crippen LogP contribution in [-0.2, 0) is 0 Å². The molecular weight excluding hydrogens is 210 g/mol. The molecule has 5 heteroatoms. The van der Waals surface area contributed by atoms with Crippen molar-refractivity contribution < 1.29 is 4.52 Å². The van der Waals surface area contributed by atoms with Gasteiger partial charge in [0.15, 0.2) is 5.82 Å². The van der Waals surface area contributed by atoms with Crippen LogP contribution in [0.3, 0.4) is 0 Å². The molecule has 1 saturated heterocycles. The molecule has 2 heterocycles. The van der Waals surface area contributed by atoms with Crippen molar-refractivity contribution >= 4 is 11.8 Å². The number of hydrogen-bond donors (Lipinski definition) is 1. The summed E-state index contributed by atoms with van der Waals surface area (Å²) in [6, 6.07) is 0.852. The molecule has 0 aromatic carbocycles. The summed E-state index contributed by atoms with van der Waals surface area (Å²) in [5.41, 5.74) is 0. The summed E-state index contributed by atoms with van der Waals surface area (Å²) >= 11 is 2.01. The molecule has 0 amide bonds. The van der Waals surface area contributed by atoms with Gasteiger partial charge in [0.1, 0.15) is 0 Å². The van der Waals surface area contributed by atoms with Crippen LogP contribution in [0.4, 0.5) is 0 Å². The van der Waals surface area contributed by atoms with Gasteiger partial charge in [-0.15, -0.1) is 0 Å². The molecule has 1 aliphatic heterocycles. The Morgan fingerprint density at radius 1 is 1.67 bits per heavy atom. The second kappa shape index (κ2) is 4.99. The maximum atomic E-state index is 5.01. The van der Waals surface area contributed by atoms with Gasteiger partial charge >= 0.3 is 0 Å². The van der Waals surface area contributed by atoms with Crippen molar-refractivity contribution in [3.8, 4) is 0 Å². The predicted molar refractivity (Wildman–Crippen MR) is 60.9 cm³/mol. The molecule has 1 aromatic heterocycles. The van der Waals surface area contributed by atoms with Crippen molar-refractivity contribution in [2.24, 2.45) is 0 Å². The Kier molecular flexibility index (Phi) is 3.64. The topological polar surface area (TPSA) is 51.0 Å². The van der Waals surface area contributed by atoms with E-state index in [2.05, 4.69) is 22.4 Å². The second-order valence-electron chi connectivity index (χ2n) is 3.86. The van der Waals surface area contributed by atoms with Gasteiger partial charge in [0, 0.05) is 18.7 Å². The first kappa shape index (κ1) is 11.0. The van der Waals surface area contributed by atoms with Gasteiger partial charge in [-0.3, -0.25) is 0 Å². The van der Waals surface area contributed by atoms with E-state index < -0.39 is 0 Å². The van der Waals surface area contributed by atoms with E-state index in [-0.39, 0.29) is 6.04 Å². The van der Waals surface area contributed by atoms with E-state index in [0.717, 1.165) is 12.2 Å². The lowest BCUT2D eigenvalue weighted by Gasteiger charge is -2.17. The van der Waals surface area contributed by atoms with Crippen molar-refractivity contribution in [3.05, 3.63) is 11.7 Å². The molecule has 2 rings (SSSR count). The molecule has 2 atom stereocenters. The van der Waals surface area contributed by atoms with Crippen LogP contribution >= 0.6 is 11.8 Å². The summed E-state index contributed by atoms with van der Waals surface area (Å²) in [6.07, 6.45) is 2.25. The Balaban J connectivity index is 1.97. The molecule has 0 saturated carbocycles. The average Bonchev–Trinajstić information content (AvgIpc) is 2.85. The van der Waals surface area contributed by atoms with Gasteiger partial charge in [-0.2, -0.15) is 16.7 Å². The zero-order valence-electron chi connectivity index (χ0n) is 9.19. The number of hydrogen-bond acceptors (Lipinski definition) is 5. The van der Waals surface area contributed by atoms with Gasteiger partial charge in [-0.25, -0.2) is 0 Å². The highest BCUT2D eigenvalue weighted by molar-refractivity contribution is 7.99. The first-order valence-corrected chi connectivity index (χ1v) is 6.59. The Labute approximate surface area is 94.2 Å². The Hall–Kier alpha value is -0.550. The van der Waals surface area contributed by atoms with Crippen molar-refractivity contribution in [1.82, 2.24) is 15.5 Å². The highest BCUT2D eigenvalue weighted by Gasteiger charge is 2.22. The van der Waals surface area contributed by atoms with Crippen LogP contribution in [0.15, 0.2) is 4.52 Å². The molecule has 4 nitrogen and oxygen atoms in total. The van der Waals surface area contributed by atoms with Gasteiger partial charge in [0.05, 0.1) is 6.04 Å². The maximum Gasteiger partial charge on any atom is 0.223 e. The van der Waals surface area contributed by atoms with Crippen molar-refractivity contribution in [3.63, 3.8) is 0 Å². The van der Waals surface area contributed by atoms with E-state index in [1.165, 1.54) is 17.9 Å². The third kappa shape index (κ3) is 2.72. The first-order chi connectivity index (χ1) is 7.29. The second-order valence-corrected chi connectivity index (χ2v) is 5.01. The van der Waals surface area contributed by atoms with Crippen LogP contribution < -0.4 is 5.32 Å². The Bertz CT molecular complexity index is 309. The van der Waals surface area contributed by atoms with Crippen LogP contribution in [0, 0.1) is 6.92 Å². The normalized spacial score (nSPS) is 23.2. The smallest absolute Gasteiger partial charge is 0.223 e. The quantitative estimate of drug-likeness (QED) is 0.851. The van der Waals surface area contributed by atoms with Crippen molar-refractivity contribution in [2.75, 3.05) is 11.5 Å². The summed E-state index contributed by atoms with van der Waals surface area (Å²) in [5, 5.41) is 7.56. The van der Waals surface area contributed by atoms with Gasteiger partial charge in [-0.05, 0) is 18.6 Å². The number of aryl methyl sites for hydroxylation is 1. The molecule has 0 bridgehead atoms. The minimum atomic E-state index is 0.242. The van der Waals surface area contributed by atoms with Crippen LogP contribution in [0.5, 0.6) is 0 Å². The highest BCUT2D eigenvalue weighted by atomic mass is 32.2. The minimum absolute atomic E-state index is 0.242. The fraction of sp³-hybridized carbons (Fsp3) is 0.800. The molecule has 1 aromatic rings. The Morgan fingerprint density at radius 2 is 2.53 bits per heavy atom. The predicted octanol–water partition coefficient (Wildman–Crippen LogP) is 1.92. The van der Waals surface area contributed by atoms with Crippen LogP contribution in [0.25, 0.3) is 0 Å². The molecule has 1 N–H and O–H groups in total. The first-order valence-electron chi connectivity index (χ1n) is 5.43. The molecule has 0 radical (unpaired) electrons. The minimum Gasteiger partial charge on any atom is -0.340 e. The maximum absolute atomic E-state index is 5.01. The van der Waals surface area contributed by atoms with Crippen molar-refractivity contribution in [1.29, 1.82) is 0 Å². The van der Waals surface area contributed by atoms with E-state index in [0.29, 0.717) is 11.9 Å². The molecule has 15 heavy (non-hydrogen) atoms. The van der Waals surface area contributed by atoms with Gasteiger partial charge in [0.2, 0.25) is 5.89 Å². The Morgan fingerprint density at radius 3 is 3.07 bits per heavy atom. The van der Waals surface area contributed by atoms with Gasteiger partial charge in [0.25, 0.3) is 0 Å². The summed E-state index contributed by atoms with van der Waals surface area (Å²) in [4.78, 5) is 4.28. The third-order valence-corrected chi connectivity index (χ3v) is 3.79. The van der Waals surface area contributed by atoms with Crippen LogP contribution in [0.2, 0.25) is 0 Å². The molecular formula is C10H17N3OS. The van der Waals surface area contributed by atoms with Gasteiger partial charge < -0.3 is 9.84 Å². The zero-order chi connectivity index (χ0) is 10.7. The van der Waals surface area contributed by atoms with Gasteiger partial charge in [-0.1, -0.05) is 12.1 Å². The number of nitrogens with zero attached hydrogens (tertiary/aromatic N) is 2. The summed E-state index contributed by atoms with van der Waals surface area (Å²) in [6.45, 7) is 3.97. The number of rotatable bonds is 4. The standard InChI is InChI=1S/C10H17N3OS/c1-3-9(10-11-7(2)14-13-10)12-8-4-5-15-6-8/h8-9,12H,3-6H2,1-2H3. The number of aromatic nitrogens is 2. The zero-order valence-corrected chi connectivity index (χ0v) is 10.0. The molecule has 0 aliphatic carbocycles. The van der Waals surface area contributed by atoms with E-state index in [1.807, 2.05) is 18.7 Å². The lowest BCUT2D eigenvalue weighted by atomic mass is 10.1.